The van der Waals surface area contributed by atoms with Crippen LogP contribution < -0.4 is 5.32 Å². The number of rotatable bonds is 4. The van der Waals surface area contributed by atoms with Gasteiger partial charge in [-0.2, -0.15) is 0 Å². The Kier molecular flexibility index (Phi) is 4.80. The molecule has 5 nitrogen and oxygen atoms in total. The quantitative estimate of drug-likeness (QED) is 0.919. The van der Waals surface area contributed by atoms with E-state index >= 15 is 0 Å². The monoisotopic (exact) mass is 288 g/mol. The summed E-state index contributed by atoms with van der Waals surface area (Å²) in [5, 5.41) is 3.03. The highest BCUT2D eigenvalue weighted by Gasteiger charge is 2.27. The molecule has 3 rings (SSSR count). The molecule has 0 aromatic carbocycles. The standard InChI is InChI=1S/C16H24N4O/c21-16(14-9-17-12-18-10-14)19-8-13-4-3-7-20(11-13)15-5-1-2-6-15/h9-10,12-13,15H,1-8,11H2,(H,19,21). The Morgan fingerprint density at radius 3 is 2.71 bits per heavy atom. The molecule has 114 valence electrons. The van der Waals surface area contributed by atoms with Crippen LogP contribution >= 0.6 is 0 Å². The maximum Gasteiger partial charge on any atom is 0.254 e. The smallest absolute Gasteiger partial charge is 0.254 e. The topological polar surface area (TPSA) is 58.1 Å². The Bertz CT molecular complexity index is 459. The molecule has 0 radical (unpaired) electrons. The summed E-state index contributed by atoms with van der Waals surface area (Å²) < 4.78 is 0. The number of hydrogen-bond acceptors (Lipinski definition) is 4. The summed E-state index contributed by atoms with van der Waals surface area (Å²) in [6.07, 6.45) is 12.5. The number of nitrogens with zero attached hydrogens (tertiary/aromatic N) is 3. The Morgan fingerprint density at radius 2 is 1.95 bits per heavy atom. The SMILES string of the molecule is O=C(NCC1CCCN(C2CCCC2)C1)c1cncnc1. The molecule has 1 unspecified atom stereocenters. The molecule has 2 heterocycles. The van der Waals surface area contributed by atoms with Crippen LogP contribution in [-0.2, 0) is 0 Å². The molecule has 2 fully saturated rings. The van der Waals surface area contributed by atoms with E-state index in [2.05, 4.69) is 20.2 Å². The number of carbonyl (C=O) groups excluding carboxylic acids is 1. The Morgan fingerprint density at radius 1 is 1.19 bits per heavy atom. The molecule has 1 saturated heterocycles. The Balaban J connectivity index is 1.47. The van der Waals surface area contributed by atoms with Crippen LogP contribution in [-0.4, -0.2) is 46.5 Å². The molecular weight excluding hydrogens is 264 g/mol. The van der Waals surface area contributed by atoms with Crippen molar-refractivity contribution in [1.29, 1.82) is 0 Å². The number of carbonyl (C=O) groups is 1. The molecule has 1 amide bonds. The van der Waals surface area contributed by atoms with E-state index in [0.29, 0.717) is 11.5 Å². The fraction of sp³-hybridized carbons (Fsp3) is 0.688. The predicted molar refractivity (Wildman–Crippen MR) is 80.9 cm³/mol. The van der Waals surface area contributed by atoms with E-state index < -0.39 is 0 Å². The van der Waals surface area contributed by atoms with Crippen LogP contribution in [0.1, 0.15) is 48.9 Å². The van der Waals surface area contributed by atoms with Crippen LogP contribution in [0.25, 0.3) is 0 Å². The third kappa shape index (κ3) is 3.79. The summed E-state index contributed by atoms with van der Waals surface area (Å²) in [7, 11) is 0. The molecule has 1 aromatic heterocycles. The zero-order valence-corrected chi connectivity index (χ0v) is 12.5. The number of aromatic nitrogens is 2. The van der Waals surface area contributed by atoms with Crippen molar-refractivity contribution in [3.05, 3.63) is 24.3 Å². The maximum atomic E-state index is 12.0. The lowest BCUT2D eigenvalue weighted by molar-refractivity contribution is 0.0912. The van der Waals surface area contributed by atoms with E-state index in [1.807, 2.05) is 0 Å². The van der Waals surface area contributed by atoms with E-state index in [9.17, 15) is 4.79 Å². The van der Waals surface area contributed by atoms with Crippen molar-refractivity contribution >= 4 is 5.91 Å². The average Bonchev–Trinajstić information content (AvgIpc) is 3.08. The lowest BCUT2D eigenvalue weighted by Gasteiger charge is -2.36. The van der Waals surface area contributed by atoms with E-state index in [0.717, 1.165) is 19.1 Å². The number of nitrogens with one attached hydrogen (secondary N) is 1. The summed E-state index contributed by atoms with van der Waals surface area (Å²) in [5.41, 5.74) is 0.543. The first-order valence-electron chi connectivity index (χ1n) is 8.10. The van der Waals surface area contributed by atoms with Gasteiger partial charge >= 0.3 is 0 Å². The molecular formula is C16H24N4O. The van der Waals surface area contributed by atoms with Gasteiger partial charge in [-0.1, -0.05) is 12.8 Å². The van der Waals surface area contributed by atoms with Gasteiger partial charge in [-0.15, -0.1) is 0 Å². The van der Waals surface area contributed by atoms with Gasteiger partial charge in [0, 0.05) is 31.5 Å². The minimum Gasteiger partial charge on any atom is -0.352 e. The molecule has 0 spiro atoms. The van der Waals surface area contributed by atoms with Crippen LogP contribution in [0.2, 0.25) is 0 Å². The largest absolute Gasteiger partial charge is 0.352 e. The molecule has 2 aliphatic rings. The van der Waals surface area contributed by atoms with E-state index in [1.165, 1.54) is 51.4 Å². The van der Waals surface area contributed by atoms with Gasteiger partial charge in [0.2, 0.25) is 0 Å². The lowest BCUT2D eigenvalue weighted by Crippen LogP contribution is -2.44. The number of piperidine rings is 1. The van der Waals surface area contributed by atoms with Gasteiger partial charge in [0.25, 0.3) is 5.91 Å². The first-order chi connectivity index (χ1) is 10.3. The molecule has 21 heavy (non-hydrogen) atoms. The number of amides is 1. The van der Waals surface area contributed by atoms with Gasteiger partial charge in [0.05, 0.1) is 5.56 Å². The second-order valence-corrected chi connectivity index (χ2v) is 6.28. The van der Waals surface area contributed by atoms with E-state index in [4.69, 9.17) is 0 Å². The zero-order valence-electron chi connectivity index (χ0n) is 12.5. The molecule has 1 aliphatic carbocycles. The molecule has 1 N–H and O–H groups in total. The summed E-state index contributed by atoms with van der Waals surface area (Å²) >= 11 is 0. The van der Waals surface area contributed by atoms with E-state index in [-0.39, 0.29) is 5.91 Å². The molecule has 5 heteroatoms. The normalized spacial score (nSPS) is 24.1. The molecule has 1 aromatic rings. The van der Waals surface area contributed by atoms with Crippen LogP contribution in [0.3, 0.4) is 0 Å². The van der Waals surface area contributed by atoms with Crippen LogP contribution in [0.4, 0.5) is 0 Å². The average molecular weight is 288 g/mol. The van der Waals surface area contributed by atoms with Gasteiger partial charge in [-0.25, -0.2) is 9.97 Å². The van der Waals surface area contributed by atoms with Crippen molar-refractivity contribution in [2.75, 3.05) is 19.6 Å². The second kappa shape index (κ2) is 6.98. The van der Waals surface area contributed by atoms with Crippen molar-refractivity contribution in [2.24, 2.45) is 5.92 Å². The summed E-state index contributed by atoms with van der Waals surface area (Å²) in [6.45, 7) is 3.13. The fourth-order valence-electron chi connectivity index (χ4n) is 3.62. The van der Waals surface area contributed by atoms with Crippen molar-refractivity contribution in [2.45, 2.75) is 44.6 Å². The van der Waals surface area contributed by atoms with Crippen LogP contribution in [0.5, 0.6) is 0 Å². The van der Waals surface area contributed by atoms with Gasteiger partial charge in [-0.3, -0.25) is 4.79 Å². The fourth-order valence-corrected chi connectivity index (χ4v) is 3.62. The zero-order chi connectivity index (χ0) is 14.5. The summed E-state index contributed by atoms with van der Waals surface area (Å²) in [4.78, 5) is 22.4. The first-order valence-corrected chi connectivity index (χ1v) is 8.10. The summed E-state index contributed by atoms with van der Waals surface area (Å²) in [6, 6.07) is 0.797. The molecule has 1 aliphatic heterocycles. The number of hydrogen-bond donors (Lipinski definition) is 1. The highest BCUT2D eigenvalue weighted by molar-refractivity contribution is 5.93. The van der Waals surface area contributed by atoms with Crippen molar-refractivity contribution < 1.29 is 4.79 Å². The highest BCUT2D eigenvalue weighted by Crippen LogP contribution is 2.27. The minimum atomic E-state index is -0.0615. The van der Waals surface area contributed by atoms with Gasteiger partial charge in [-0.05, 0) is 38.1 Å². The second-order valence-electron chi connectivity index (χ2n) is 6.28. The maximum absolute atomic E-state index is 12.0. The molecule has 1 saturated carbocycles. The van der Waals surface area contributed by atoms with E-state index in [1.54, 1.807) is 12.4 Å². The third-order valence-electron chi connectivity index (χ3n) is 4.77. The molecule has 0 bridgehead atoms. The van der Waals surface area contributed by atoms with Gasteiger partial charge in [0.15, 0.2) is 0 Å². The first kappa shape index (κ1) is 14.4. The molecule has 1 atom stereocenters. The number of likely N-dealkylation sites (tertiary alicyclic amines) is 1. The third-order valence-corrected chi connectivity index (χ3v) is 4.77. The van der Waals surface area contributed by atoms with Crippen molar-refractivity contribution in [1.82, 2.24) is 20.2 Å². The summed E-state index contributed by atoms with van der Waals surface area (Å²) in [5.74, 6) is 0.515. The van der Waals surface area contributed by atoms with Crippen molar-refractivity contribution in [3.8, 4) is 0 Å². The van der Waals surface area contributed by atoms with Gasteiger partial charge in [0.1, 0.15) is 6.33 Å². The Hall–Kier alpha value is -1.49. The van der Waals surface area contributed by atoms with Gasteiger partial charge < -0.3 is 10.2 Å². The Labute approximate surface area is 126 Å². The van der Waals surface area contributed by atoms with Crippen LogP contribution in [0.15, 0.2) is 18.7 Å². The predicted octanol–water partition coefficient (Wildman–Crippen LogP) is 1.86. The lowest BCUT2D eigenvalue weighted by atomic mass is 9.96. The minimum absolute atomic E-state index is 0.0615. The highest BCUT2D eigenvalue weighted by atomic mass is 16.1. The van der Waals surface area contributed by atoms with Crippen molar-refractivity contribution in [3.63, 3.8) is 0 Å². The van der Waals surface area contributed by atoms with Crippen LogP contribution in [0, 0.1) is 5.92 Å².